The first kappa shape index (κ1) is 20.9. The van der Waals surface area contributed by atoms with Crippen LogP contribution in [0.15, 0.2) is 24.3 Å². The molecule has 2 fully saturated rings. The molecule has 2 aliphatic rings. The number of amides is 1. The highest BCUT2D eigenvalue weighted by Crippen LogP contribution is 2.25. The molecule has 1 atom stereocenters. The van der Waals surface area contributed by atoms with E-state index in [4.69, 9.17) is 0 Å². The van der Waals surface area contributed by atoms with Crippen LogP contribution in [-0.2, 0) is 0 Å². The van der Waals surface area contributed by atoms with E-state index >= 15 is 0 Å². The summed E-state index contributed by atoms with van der Waals surface area (Å²) >= 11 is 0. The van der Waals surface area contributed by atoms with Crippen LogP contribution >= 0.6 is 0 Å². The van der Waals surface area contributed by atoms with Crippen LogP contribution in [0.2, 0.25) is 0 Å². The fourth-order valence-electron chi connectivity index (χ4n) is 4.31. The van der Waals surface area contributed by atoms with Crippen LogP contribution in [0.4, 0.5) is 0 Å². The summed E-state index contributed by atoms with van der Waals surface area (Å²) in [4.78, 5) is 15.3. The van der Waals surface area contributed by atoms with Crippen LogP contribution < -0.4 is 5.32 Å². The maximum Gasteiger partial charge on any atom is 0.251 e. The Balaban J connectivity index is 1.55. The predicted molar refractivity (Wildman–Crippen MR) is 113 cm³/mol. The van der Waals surface area contributed by atoms with Crippen LogP contribution in [0, 0.1) is 17.8 Å². The summed E-state index contributed by atoms with van der Waals surface area (Å²) in [6, 6.07) is 7.56. The first-order chi connectivity index (χ1) is 13.4. The number of hydrogen-bond donors (Lipinski definition) is 2. The molecule has 1 saturated carbocycles. The summed E-state index contributed by atoms with van der Waals surface area (Å²) in [5.74, 6) is 6.56. The molecule has 0 spiro atoms. The van der Waals surface area contributed by atoms with Gasteiger partial charge in [0.1, 0.15) is 5.60 Å². The van der Waals surface area contributed by atoms with E-state index in [1.165, 1.54) is 38.6 Å². The SMILES string of the molecule is CC(C)(O)C#Cc1cccc(C(=O)N[C@@H]2CCCN(CC3CCCCC3)C2)c1. The highest BCUT2D eigenvalue weighted by Gasteiger charge is 2.24. The molecule has 28 heavy (non-hydrogen) atoms. The number of likely N-dealkylation sites (tertiary alicyclic amines) is 1. The van der Waals surface area contributed by atoms with Crippen molar-refractivity contribution in [3.63, 3.8) is 0 Å². The molecule has 1 aromatic rings. The third-order valence-corrected chi connectivity index (χ3v) is 5.72. The lowest BCUT2D eigenvalue weighted by Gasteiger charge is -2.36. The average molecular weight is 383 g/mol. The maximum absolute atomic E-state index is 12.7. The zero-order chi connectivity index (χ0) is 20.0. The van der Waals surface area contributed by atoms with Crippen molar-refractivity contribution in [3.8, 4) is 11.8 Å². The smallest absolute Gasteiger partial charge is 0.251 e. The Bertz CT molecular complexity index is 720. The summed E-state index contributed by atoms with van der Waals surface area (Å²) in [5.41, 5.74) is 0.339. The highest BCUT2D eigenvalue weighted by molar-refractivity contribution is 5.94. The number of piperidine rings is 1. The number of nitrogens with zero attached hydrogens (tertiary/aromatic N) is 1. The summed E-state index contributed by atoms with van der Waals surface area (Å²) in [5, 5.41) is 13.0. The molecule has 1 amide bonds. The van der Waals surface area contributed by atoms with Crippen LogP contribution in [-0.4, -0.2) is 47.2 Å². The number of nitrogens with one attached hydrogen (secondary N) is 1. The van der Waals surface area contributed by atoms with E-state index in [0.29, 0.717) is 5.56 Å². The Morgan fingerprint density at radius 2 is 2.00 bits per heavy atom. The second-order valence-electron chi connectivity index (χ2n) is 8.97. The molecule has 1 aliphatic carbocycles. The predicted octanol–water partition coefficient (Wildman–Crippen LogP) is 3.58. The van der Waals surface area contributed by atoms with Gasteiger partial charge in [-0.3, -0.25) is 4.79 Å². The third-order valence-electron chi connectivity index (χ3n) is 5.72. The van der Waals surface area contributed by atoms with E-state index in [-0.39, 0.29) is 11.9 Å². The van der Waals surface area contributed by atoms with E-state index in [2.05, 4.69) is 22.1 Å². The molecule has 0 bridgehead atoms. The second kappa shape index (κ2) is 9.58. The van der Waals surface area contributed by atoms with E-state index < -0.39 is 5.60 Å². The average Bonchev–Trinajstić information content (AvgIpc) is 2.67. The van der Waals surface area contributed by atoms with Gasteiger partial charge in [0.05, 0.1) is 0 Å². The first-order valence-electron chi connectivity index (χ1n) is 10.8. The van der Waals surface area contributed by atoms with Gasteiger partial charge < -0.3 is 15.3 Å². The van der Waals surface area contributed by atoms with Crippen LogP contribution in [0.25, 0.3) is 0 Å². The van der Waals surface area contributed by atoms with Crippen LogP contribution in [0.5, 0.6) is 0 Å². The van der Waals surface area contributed by atoms with Crippen molar-refractivity contribution in [3.05, 3.63) is 35.4 Å². The van der Waals surface area contributed by atoms with Gasteiger partial charge in [-0.05, 0) is 70.2 Å². The molecule has 1 aromatic carbocycles. The lowest BCUT2D eigenvalue weighted by Crippen LogP contribution is -2.48. The topological polar surface area (TPSA) is 52.6 Å². The minimum Gasteiger partial charge on any atom is -0.378 e. The highest BCUT2D eigenvalue weighted by atomic mass is 16.3. The van der Waals surface area contributed by atoms with E-state index in [9.17, 15) is 9.90 Å². The molecular formula is C24H34N2O2. The number of carbonyl (C=O) groups excluding carboxylic acids is 1. The first-order valence-corrected chi connectivity index (χ1v) is 10.8. The molecule has 4 nitrogen and oxygen atoms in total. The number of hydrogen-bond acceptors (Lipinski definition) is 3. The van der Waals surface area contributed by atoms with E-state index in [1.54, 1.807) is 19.9 Å². The van der Waals surface area contributed by atoms with Gasteiger partial charge in [-0.25, -0.2) is 0 Å². The molecule has 1 aliphatic heterocycles. The molecule has 3 rings (SSSR count). The van der Waals surface area contributed by atoms with Gasteiger partial charge in [-0.15, -0.1) is 0 Å². The molecule has 0 unspecified atom stereocenters. The summed E-state index contributed by atoms with van der Waals surface area (Å²) in [7, 11) is 0. The van der Waals surface area contributed by atoms with Gasteiger partial charge in [0, 0.05) is 30.3 Å². The molecular weight excluding hydrogens is 348 g/mol. The molecule has 2 N–H and O–H groups in total. The van der Waals surface area contributed by atoms with Crippen molar-refractivity contribution >= 4 is 5.91 Å². The third kappa shape index (κ3) is 6.65. The Hall–Kier alpha value is -1.83. The number of rotatable bonds is 4. The lowest BCUT2D eigenvalue weighted by atomic mass is 9.88. The van der Waals surface area contributed by atoms with Crippen LogP contribution in [0.1, 0.15) is 74.7 Å². The zero-order valence-electron chi connectivity index (χ0n) is 17.3. The standard InChI is InChI=1S/C24H34N2O2/c1-24(2,28)14-13-19-10-6-11-21(16-19)23(27)25-22-12-7-15-26(18-22)17-20-8-4-3-5-9-20/h6,10-11,16,20,22,28H,3-5,7-9,12,15,17-18H2,1-2H3,(H,25,27)/t22-/m1/s1. The van der Waals surface area contributed by atoms with Crippen molar-refractivity contribution in [2.24, 2.45) is 5.92 Å². The van der Waals surface area contributed by atoms with Crippen molar-refractivity contribution in [2.45, 2.75) is 70.4 Å². The Labute approximate surface area is 169 Å². The Morgan fingerprint density at radius 1 is 1.21 bits per heavy atom. The van der Waals surface area contributed by atoms with Crippen molar-refractivity contribution in [1.82, 2.24) is 10.2 Å². The van der Waals surface area contributed by atoms with E-state index in [0.717, 1.165) is 37.4 Å². The van der Waals surface area contributed by atoms with E-state index in [1.807, 2.05) is 18.2 Å². The largest absolute Gasteiger partial charge is 0.378 e. The van der Waals surface area contributed by atoms with Gasteiger partial charge in [-0.2, -0.15) is 0 Å². The Kier molecular flexibility index (Phi) is 7.15. The quantitative estimate of drug-likeness (QED) is 0.783. The molecule has 152 valence electrons. The molecule has 0 radical (unpaired) electrons. The minimum absolute atomic E-state index is 0.0311. The normalized spacial score (nSPS) is 21.6. The molecule has 0 aromatic heterocycles. The summed E-state index contributed by atoms with van der Waals surface area (Å²) in [6.07, 6.45) is 9.09. The summed E-state index contributed by atoms with van der Waals surface area (Å²) < 4.78 is 0. The molecule has 1 saturated heterocycles. The fourth-order valence-corrected chi connectivity index (χ4v) is 4.31. The fraction of sp³-hybridized carbons (Fsp3) is 0.625. The zero-order valence-corrected chi connectivity index (χ0v) is 17.3. The van der Waals surface area contributed by atoms with Crippen LogP contribution in [0.3, 0.4) is 0 Å². The van der Waals surface area contributed by atoms with Gasteiger partial charge in [0.25, 0.3) is 5.91 Å². The van der Waals surface area contributed by atoms with Gasteiger partial charge in [-0.1, -0.05) is 37.2 Å². The van der Waals surface area contributed by atoms with Gasteiger partial charge in [0.15, 0.2) is 0 Å². The van der Waals surface area contributed by atoms with Crippen molar-refractivity contribution in [2.75, 3.05) is 19.6 Å². The number of aliphatic hydroxyl groups is 1. The lowest BCUT2D eigenvalue weighted by molar-refractivity contribution is 0.0890. The van der Waals surface area contributed by atoms with Gasteiger partial charge in [0.2, 0.25) is 0 Å². The van der Waals surface area contributed by atoms with Crippen molar-refractivity contribution < 1.29 is 9.90 Å². The number of benzene rings is 1. The molecule has 4 heteroatoms. The molecule has 1 heterocycles. The minimum atomic E-state index is -1.04. The Morgan fingerprint density at radius 3 is 2.75 bits per heavy atom. The van der Waals surface area contributed by atoms with Crippen molar-refractivity contribution in [1.29, 1.82) is 0 Å². The maximum atomic E-state index is 12.7. The second-order valence-corrected chi connectivity index (χ2v) is 8.97. The summed E-state index contributed by atoms with van der Waals surface area (Å²) in [6.45, 7) is 6.61. The number of carbonyl (C=O) groups is 1. The monoisotopic (exact) mass is 382 g/mol. The van der Waals surface area contributed by atoms with Gasteiger partial charge >= 0.3 is 0 Å².